The van der Waals surface area contributed by atoms with Crippen LogP contribution in [0.1, 0.15) is 11.1 Å². The quantitative estimate of drug-likeness (QED) is 0.561. The van der Waals surface area contributed by atoms with Crippen molar-refractivity contribution in [2.24, 2.45) is 5.14 Å². The molecule has 4 N–H and O–H groups in total. The molecule has 0 atom stereocenters. The Morgan fingerprint density at radius 3 is 2.43 bits per heavy atom. The molecule has 0 radical (unpaired) electrons. The summed E-state index contributed by atoms with van der Waals surface area (Å²) in [5.74, 6) is -1.09. The number of allylic oxidation sites excluding steroid dienone is 1. The molecule has 156 valence electrons. The molecule has 0 bridgehead atoms. The zero-order valence-electron chi connectivity index (χ0n) is 16.3. The molecule has 0 saturated heterocycles. The highest BCUT2D eigenvalue weighted by Crippen LogP contribution is 2.36. The van der Waals surface area contributed by atoms with Gasteiger partial charge < -0.3 is 15.3 Å². The Morgan fingerprint density at radius 2 is 1.83 bits per heavy atom. The maximum atomic E-state index is 12.2. The number of para-hydroxylation sites is 1. The van der Waals surface area contributed by atoms with Crippen LogP contribution in [0.2, 0.25) is 0 Å². The van der Waals surface area contributed by atoms with E-state index in [0.717, 1.165) is 11.3 Å². The Balaban J connectivity index is 2.20. The molecular formula is C22H23N3O4S. The van der Waals surface area contributed by atoms with Crippen LogP contribution in [0.15, 0.2) is 78.4 Å². The van der Waals surface area contributed by atoms with E-state index >= 15 is 0 Å². The molecule has 1 heterocycles. The number of primary sulfonamides is 1. The lowest BCUT2D eigenvalue weighted by Crippen LogP contribution is -2.27. The molecule has 2 aromatic carbocycles. The van der Waals surface area contributed by atoms with Crippen molar-refractivity contribution in [1.29, 1.82) is 0 Å². The van der Waals surface area contributed by atoms with Gasteiger partial charge in [-0.05, 0) is 34.9 Å². The third-order valence-corrected chi connectivity index (χ3v) is 5.77. The maximum Gasteiger partial charge on any atom is 0.352 e. The van der Waals surface area contributed by atoms with Gasteiger partial charge in [0.15, 0.2) is 0 Å². The number of anilines is 2. The number of carboxylic acid groups (broad SMARTS) is 1. The molecule has 0 spiro atoms. The number of nitrogens with two attached hydrogens (primary N) is 1. The van der Waals surface area contributed by atoms with Crippen LogP contribution in [0.5, 0.6) is 0 Å². The normalized spacial score (nSPS) is 13.2. The van der Waals surface area contributed by atoms with Gasteiger partial charge in [0.1, 0.15) is 10.6 Å². The first-order valence-corrected chi connectivity index (χ1v) is 10.8. The second kappa shape index (κ2) is 8.56. The van der Waals surface area contributed by atoms with Crippen molar-refractivity contribution in [3.8, 4) is 0 Å². The van der Waals surface area contributed by atoms with E-state index in [9.17, 15) is 18.3 Å². The van der Waals surface area contributed by atoms with Crippen molar-refractivity contribution < 1.29 is 18.3 Å². The van der Waals surface area contributed by atoms with Crippen LogP contribution in [0.4, 0.5) is 11.4 Å². The molecule has 0 fully saturated rings. The maximum absolute atomic E-state index is 12.2. The molecule has 8 heteroatoms. The van der Waals surface area contributed by atoms with E-state index in [1.807, 2.05) is 24.3 Å². The Labute approximate surface area is 175 Å². The van der Waals surface area contributed by atoms with Gasteiger partial charge >= 0.3 is 5.97 Å². The van der Waals surface area contributed by atoms with Crippen molar-refractivity contribution in [2.75, 3.05) is 23.3 Å². The van der Waals surface area contributed by atoms with E-state index in [0.29, 0.717) is 36.3 Å². The summed E-state index contributed by atoms with van der Waals surface area (Å²) in [5, 5.41) is 18.2. The fourth-order valence-corrected chi connectivity index (χ4v) is 4.23. The third-order valence-electron chi connectivity index (χ3n) is 4.81. The zero-order valence-corrected chi connectivity index (χ0v) is 17.2. The molecule has 1 aliphatic heterocycles. The van der Waals surface area contributed by atoms with Crippen molar-refractivity contribution in [2.45, 2.75) is 11.3 Å². The highest BCUT2D eigenvalue weighted by atomic mass is 32.2. The number of hydrogen-bond donors (Lipinski definition) is 3. The summed E-state index contributed by atoms with van der Waals surface area (Å²) >= 11 is 0. The third kappa shape index (κ3) is 4.29. The van der Waals surface area contributed by atoms with E-state index in [2.05, 4.69) is 18.5 Å². The average molecular weight is 426 g/mol. The first kappa shape index (κ1) is 21.4. The fourth-order valence-electron chi connectivity index (χ4n) is 3.49. The SMILES string of the molecule is C=CCN(CC=C)c1cc(C2=C(C(=O)O)Nc3ccccc3C2)ccc1S(N)(=O)=O. The minimum Gasteiger partial charge on any atom is -0.477 e. The number of fused-ring (bicyclic) bond motifs is 1. The summed E-state index contributed by atoms with van der Waals surface area (Å²) in [4.78, 5) is 13.6. The Hall–Kier alpha value is -3.36. The fraction of sp³-hybridized carbons (Fsp3) is 0.136. The number of benzene rings is 2. The summed E-state index contributed by atoms with van der Waals surface area (Å²) < 4.78 is 24.3. The molecule has 7 nitrogen and oxygen atoms in total. The van der Waals surface area contributed by atoms with Gasteiger partial charge in [0.25, 0.3) is 0 Å². The van der Waals surface area contributed by atoms with Crippen molar-refractivity contribution >= 4 is 32.9 Å². The van der Waals surface area contributed by atoms with Crippen LogP contribution in [0, 0.1) is 0 Å². The number of nitrogens with one attached hydrogen (secondary N) is 1. The van der Waals surface area contributed by atoms with Gasteiger partial charge in [-0.3, -0.25) is 0 Å². The van der Waals surface area contributed by atoms with Crippen LogP contribution >= 0.6 is 0 Å². The van der Waals surface area contributed by atoms with Crippen molar-refractivity contribution in [1.82, 2.24) is 0 Å². The van der Waals surface area contributed by atoms with Gasteiger partial charge in [0, 0.05) is 25.2 Å². The van der Waals surface area contributed by atoms with Gasteiger partial charge in [-0.2, -0.15) is 0 Å². The van der Waals surface area contributed by atoms with Crippen LogP contribution in [0.3, 0.4) is 0 Å². The molecule has 0 unspecified atom stereocenters. The molecule has 0 amide bonds. The first-order chi connectivity index (χ1) is 14.3. The Kier molecular flexibility index (Phi) is 6.09. The number of nitrogens with zero attached hydrogens (tertiary/aromatic N) is 1. The number of rotatable bonds is 8. The van der Waals surface area contributed by atoms with Gasteiger partial charge in [-0.15, -0.1) is 13.2 Å². The predicted molar refractivity (Wildman–Crippen MR) is 119 cm³/mol. The minimum atomic E-state index is -4.00. The first-order valence-electron chi connectivity index (χ1n) is 9.21. The standard InChI is InChI=1S/C22H23N3O4S/c1-3-11-25(12-4-2)19-14-15(9-10-20(19)30(23,28)29)17-13-16-7-5-6-8-18(16)24-21(17)22(26)27/h3-10,14,24H,1-2,11-13H2,(H,26,27)(H2,23,28,29). The number of carboxylic acids is 1. The van der Waals surface area contributed by atoms with Crippen molar-refractivity contribution in [3.05, 3.63) is 84.6 Å². The van der Waals surface area contributed by atoms with Crippen LogP contribution in [0.25, 0.3) is 5.57 Å². The number of aliphatic carboxylic acids is 1. The second-order valence-corrected chi connectivity index (χ2v) is 8.36. The summed E-state index contributed by atoms with van der Waals surface area (Å²) in [5.41, 5.74) is 3.26. The van der Waals surface area contributed by atoms with Gasteiger partial charge in [0.2, 0.25) is 10.0 Å². The van der Waals surface area contributed by atoms with Gasteiger partial charge in [0.05, 0.1) is 5.69 Å². The van der Waals surface area contributed by atoms with E-state index in [1.165, 1.54) is 6.07 Å². The van der Waals surface area contributed by atoms with Crippen LogP contribution in [-0.2, 0) is 21.2 Å². The van der Waals surface area contributed by atoms with E-state index in [4.69, 9.17) is 5.14 Å². The van der Waals surface area contributed by atoms with E-state index in [-0.39, 0.29) is 10.6 Å². The number of hydrogen-bond acceptors (Lipinski definition) is 5. The van der Waals surface area contributed by atoms with Gasteiger partial charge in [-0.25, -0.2) is 18.4 Å². The second-order valence-electron chi connectivity index (χ2n) is 6.83. The molecule has 2 aromatic rings. The van der Waals surface area contributed by atoms with Crippen molar-refractivity contribution in [3.63, 3.8) is 0 Å². The predicted octanol–water partition coefficient (Wildman–Crippen LogP) is 2.98. The molecule has 0 aliphatic carbocycles. The summed E-state index contributed by atoms with van der Waals surface area (Å²) in [6, 6.07) is 12.1. The highest BCUT2D eigenvalue weighted by Gasteiger charge is 2.25. The Bertz CT molecular complexity index is 1140. The molecule has 1 aliphatic rings. The minimum absolute atomic E-state index is 0.0448. The van der Waals surface area contributed by atoms with E-state index < -0.39 is 16.0 Å². The highest BCUT2D eigenvalue weighted by molar-refractivity contribution is 7.89. The van der Waals surface area contributed by atoms with Crippen LogP contribution < -0.4 is 15.4 Å². The summed E-state index contributed by atoms with van der Waals surface area (Å²) in [6.45, 7) is 8.17. The molecular weight excluding hydrogens is 402 g/mol. The average Bonchev–Trinajstić information content (AvgIpc) is 2.71. The smallest absolute Gasteiger partial charge is 0.352 e. The number of sulfonamides is 1. The molecule has 30 heavy (non-hydrogen) atoms. The topological polar surface area (TPSA) is 113 Å². The van der Waals surface area contributed by atoms with Crippen LogP contribution in [-0.4, -0.2) is 32.6 Å². The summed E-state index contributed by atoms with van der Waals surface area (Å²) in [6.07, 6.45) is 3.68. The summed E-state index contributed by atoms with van der Waals surface area (Å²) in [7, 11) is -4.00. The lowest BCUT2D eigenvalue weighted by molar-refractivity contribution is -0.132. The lowest BCUT2D eigenvalue weighted by Gasteiger charge is -2.27. The monoisotopic (exact) mass is 425 g/mol. The molecule has 0 aromatic heterocycles. The molecule has 3 rings (SSSR count). The van der Waals surface area contributed by atoms with Gasteiger partial charge in [-0.1, -0.05) is 36.4 Å². The zero-order chi connectivity index (χ0) is 21.9. The molecule has 0 saturated carbocycles. The largest absolute Gasteiger partial charge is 0.477 e. The Morgan fingerprint density at radius 1 is 1.17 bits per heavy atom. The lowest BCUT2D eigenvalue weighted by atomic mass is 9.91. The number of carbonyl (C=O) groups is 1. The van der Waals surface area contributed by atoms with E-state index in [1.54, 1.807) is 29.2 Å².